The summed E-state index contributed by atoms with van der Waals surface area (Å²) in [7, 11) is 0. The molecule has 0 saturated carbocycles. The van der Waals surface area contributed by atoms with Gasteiger partial charge in [0.15, 0.2) is 0 Å². The minimum Gasteiger partial charge on any atom is -0.395 e. The first kappa shape index (κ1) is 14.7. The van der Waals surface area contributed by atoms with Gasteiger partial charge in [-0.1, -0.05) is 5.92 Å². The van der Waals surface area contributed by atoms with Crippen molar-refractivity contribution in [2.75, 3.05) is 19.7 Å². The fraction of sp³-hybridized carbons (Fsp3) is 0.417. The molecule has 0 aliphatic rings. The molecule has 7 heteroatoms. The number of amides is 1. The van der Waals surface area contributed by atoms with Gasteiger partial charge in [0.2, 0.25) is 5.91 Å². The molecule has 0 unspecified atom stereocenters. The van der Waals surface area contributed by atoms with Crippen LogP contribution in [0.15, 0.2) is 15.8 Å². The number of carbonyl (C=O) groups is 1. The fourth-order valence-corrected chi connectivity index (χ4v) is 1.50. The smallest absolute Gasteiger partial charge is 0.328 e. The number of aromatic amines is 1. The zero-order valence-electron chi connectivity index (χ0n) is 10.5. The number of rotatable bonds is 5. The lowest BCUT2D eigenvalue weighted by Crippen LogP contribution is -2.40. The lowest BCUT2D eigenvalue weighted by molar-refractivity contribution is -0.131. The summed E-state index contributed by atoms with van der Waals surface area (Å²) in [6.07, 6.45) is 6.43. The Morgan fingerprint density at radius 3 is 2.84 bits per heavy atom. The van der Waals surface area contributed by atoms with Gasteiger partial charge in [-0.3, -0.25) is 19.1 Å². The number of aliphatic hydroxyl groups is 1. The molecule has 0 atom stereocenters. The maximum atomic E-state index is 11.9. The van der Waals surface area contributed by atoms with Gasteiger partial charge in [-0.15, -0.1) is 6.42 Å². The van der Waals surface area contributed by atoms with Crippen LogP contribution in [-0.4, -0.2) is 45.2 Å². The highest BCUT2D eigenvalue weighted by Crippen LogP contribution is 1.93. The summed E-state index contributed by atoms with van der Waals surface area (Å²) in [5.41, 5.74) is -0.809. The van der Waals surface area contributed by atoms with Crippen LogP contribution in [0, 0.1) is 19.3 Å². The number of nitrogens with zero attached hydrogens (tertiary/aromatic N) is 2. The third kappa shape index (κ3) is 3.82. The second kappa shape index (κ2) is 6.56. The van der Waals surface area contributed by atoms with Gasteiger partial charge >= 0.3 is 5.69 Å². The Balaban J connectivity index is 2.93. The van der Waals surface area contributed by atoms with Crippen LogP contribution in [0.3, 0.4) is 0 Å². The van der Waals surface area contributed by atoms with Gasteiger partial charge in [-0.05, 0) is 6.92 Å². The van der Waals surface area contributed by atoms with Crippen LogP contribution < -0.4 is 11.2 Å². The molecule has 0 radical (unpaired) electrons. The predicted octanol–water partition coefficient (Wildman–Crippen LogP) is -1.70. The van der Waals surface area contributed by atoms with Gasteiger partial charge in [-0.25, -0.2) is 4.79 Å². The summed E-state index contributed by atoms with van der Waals surface area (Å²) in [4.78, 5) is 38.0. The molecule has 1 aromatic heterocycles. The molecule has 19 heavy (non-hydrogen) atoms. The van der Waals surface area contributed by atoms with Crippen molar-refractivity contribution in [1.82, 2.24) is 14.5 Å². The Kier molecular flexibility index (Phi) is 5.09. The van der Waals surface area contributed by atoms with E-state index < -0.39 is 17.2 Å². The summed E-state index contributed by atoms with van der Waals surface area (Å²) in [5, 5.41) is 8.83. The van der Waals surface area contributed by atoms with Crippen molar-refractivity contribution < 1.29 is 9.90 Å². The second-order valence-corrected chi connectivity index (χ2v) is 3.94. The minimum atomic E-state index is -0.659. The largest absolute Gasteiger partial charge is 0.395 e. The Morgan fingerprint density at radius 2 is 2.26 bits per heavy atom. The number of terminal acetylenes is 1. The van der Waals surface area contributed by atoms with Gasteiger partial charge in [0.25, 0.3) is 5.56 Å². The van der Waals surface area contributed by atoms with E-state index in [9.17, 15) is 14.4 Å². The Labute approximate surface area is 109 Å². The van der Waals surface area contributed by atoms with Crippen LogP contribution in [0.25, 0.3) is 0 Å². The van der Waals surface area contributed by atoms with Crippen LogP contribution in [-0.2, 0) is 11.3 Å². The average molecular weight is 265 g/mol. The lowest BCUT2D eigenvalue weighted by Gasteiger charge is -2.19. The van der Waals surface area contributed by atoms with Gasteiger partial charge in [0.05, 0.1) is 13.2 Å². The zero-order chi connectivity index (χ0) is 14.4. The van der Waals surface area contributed by atoms with E-state index in [-0.39, 0.29) is 26.2 Å². The molecule has 1 rings (SSSR count). The van der Waals surface area contributed by atoms with Gasteiger partial charge < -0.3 is 10.0 Å². The summed E-state index contributed by atoms with van der Waals surface area (Å²) in [6, 6.07) is 0. The summed E-state index contributed by atoms with van der Waals surface area (Å²) in [5.74, 6) is 1.90. The van der Waals surface area contributed by atoms with Crippen LogP contribution in [0.2, 0.25) is 0 Å². The summed E-state index contributed by atoms with van der Waals surface area (Å²) in [6.45, 7) is 1.23. The molecule has 0 fully saturated rings. The molecule has 7 nitrogen and oxygen atoms in total. The SMILES string of the molecule is C#CCN(CCO)C(=O)Cn1cc(C)c(=O)[nH]c1=O. The van der Waals surface area contributed by atoms with E-state index in [0.717, 1.165) is 4.57 Å². The standard InChI is InChI=1S/C12H15N3O4/c1-3-4-14(5-6-16)10(17)8-15-7-9(2)11(18)13-12(15)19/h1,7,16H,4-6,8H2,2H3,(H,13,18,19). The predicted molar refractivity (Wildman–Crippen MR) is 68.6 cm³/mol. The number of aryl methyl sites for hydroxylation is 1. The first-order chi connectivity index (χ1) is 8.99. The van der Waals surface area contributed by atoms with E-state index in [1.165, 1.54) is 18.0 Å². The van der Waals surface area contributed by atoms with Crippen molar-refractivity contribution >= 4 is 5.91 Å². The maximum absolute atomic E-state index is 11.9. The summed E-state index contributed by atoms with van der Waals surface area (Å²) < 4.78 is 1.10. The van der Waals surface area contributed by atoms with Crippen LogP contribution in [0.1, 0.15) is 5.56 Å². The number of H-pyrrole nitrogens is 1. The maximum Gasteiger partial charge on any atom is 0.328 e. The molecule has 0 aliphatic heterocycles. The monoisotopic (exact) mass is 265 g/mol. The van der Waals surface area contributed by atoms with Crippen LogP contribution in [0.4, 0.5) is 0 Å². The Morgan fingerprint density at radius 1 is 1.58 bits per heavy atom. The van der Waals surface area contributed by atoms with Crippen molar-refractivity contribution in [2.24, 2.45) is 0 Å². The van der Waals surface area contributed by atoms with Crippen molar-refractivity contribution in [3.63, 3.8) is 0 Å². The molecule has 1 amide bonds. The Bertz CT molecular complexity index is 609. The molecule has 0 saturated heterocycles. The van der Waals surface area contributed by atoms with Crippen LogP contribution >= 0.6 is 0 Å². The van der Waals surface area contributed by atoms with Gasteiger partial charge in [0, 0.05) is 18.3 Å². The van der Waals surface area contributed by atoms with Crippen molar-refractivity contribution in [3.05, 3.63) is 32.6 Å². The van der Waals surface area contributed by atoms with Crippen molar-refractivity contribution in [2.45, 2.75) is 13.5 Å². The van der Waals surface area contributed by atoms with Gasteiger partial charge in [-0.2, -0.15) is 0 Å². The summed E-state index contributed by atoms with van der Waals surface area (Å²) >= 11 is 0. The fourth-order valence-electron chi connectivity index (χ4n) is 1.50. The molecule has 102 valence electrons. The highest BCUT2D eigenvalue weighted by Gasteiger charge is 2.13. The molecule has 1 heterocycles. The van der Waals surface area contributed by atoms with E-state index in [4.69, 9.17) is 11.5 Å². The number of carbonyl (C=O) groups excluding carboxylic acids is 1. The molecule has 0 aliphatic carbocycles. The molecule has 2 N–H and O–H groups in total. The first-order valence-electron chi connectivity index (χ1n) is 5.62. The highest BCUT2D eigenvalue weighted by molar-refractivity contribution is 5.76. The molecule has 1 aromatic rings. The molecular weight excluding hydrogens is 250 g/mol. The number of aromatic nitrogens is 2. The molecule has 0 spiro atoms. The second-order valence-electron chi connectivity index (χ2n) is 3.94. The third-order valence-corrected chi connectivity index (χ3v) is 2.50. The van der Waals surface area contributed by atoms with E-state index in [1.807, 2.05) is 0 Å². The molecule has 0 bridgehead atoms. The lowest BCUT2D eigenvalue weighted by atomic mass is 10.3. The van der Waals surface area contributed by atoms with Crippen molar-refractivity contribution in [3.8, 4) is 12.3 Å². The third-order valence-electron chi connectivity index (χ3n) is 2.50. The topological polar surface area (TPSA) is 95.4 Å². The van der Waals surface area contributed by atoms with Crippen LogP contribution in [0.5, 0.6) is 0 Å². The number of hydrogen-bond donors (Lipinski definition) is 2. The normalized spacial score (nSPS) is 9.95. The average Bonchev–Trinajstić information content (AvgIpc) is 2.35. The number of aliphatic hydroxyl groups excluding tert-OH is 1. The first-order valence-corrected chi connectivity index (χ1v) is 5.62. The van der Waals surface area contributed by atoms with E-state index >= 15 is 0 Å². The Hall–Kier alpha value is -2.33. The minimum absolute atomic E-state index is 0.0521. The quantitative estimate of drug-likeness (QED) is 0.620. The molecule has 0 aromatic carbocycles. The molecular formula is C12H15N3O4. The van der Waals surface area contributed by atoms with E-state index in [0.29, 0.717) is 5.56 Å². The highest BCUT2D eigenvalue weighted by atomic mass is 16.3. The van der Waals surface area contributed by atoms with Gasteiger partial charge in [0.1, 0.15) is 6.54 Å². The van der Waals surface area contributed by atoms with E-state index in [2.05, 4.69) is 10.9 Å². The number of hydrogen-bond acceptors (Lipinski definition) is 4. The zero-order valence-corrected chi connectivity index (χ0v) is 10.5. The van der Waals surface area contributed by atoms with E-state index in [1.54, 1.807) is 0 Å². The van der Waals surface area contributed by atoms with Crippen molar-refractivity contribution in [1.29, 1.82) is 0 Å². The number of nitrogens with one attached hydrogen (secondary N) is 1.